The number of esters is 3. The van der Waals surface area contributed by atoms with Gasteiger partial charge in [0.15, 0.2) is 0 Å². The minimum Gasteiger partial charge on any atom is -0.508 e. The maximum Gasteiger partial charge on any atom is 0.314 e. The number of benzene rings is 1. The van der Waals surface area contributed by atoms with Gasteiger partial charge < -0.3 is 29.5 Å². The second-order valence-corrected chi connectivity index (χ2v) is 10.1. The van der Waals surface area contributed by atoms with Crippen molar-refractivity contribution in [1.29, 1.82) is 0 Å². The molecule has 2 aliphatic carbocycles. The lowest BCUT2D eigenvalue weighted by Crippen LogP contribution is -2.69. The lowest BCUT2D eigenvalue weighted by molar-refractivity contribution is -0.224. The third kappa shape index (κ3) is 3.75. The highest BCUT2D eigenvalue weighted by Crippen LogP contribution is 2.63. The molecule has 3 rings (SSSR count). The molecule has 1 aromatic rings. The zero-order valence-electron chi connectivity index (χ0n) is 20.6. The summed E-state index contributed by atoms with van der Waals surface area (Å²) in [7, 11) is 1.18. The van der Waals surface area contributed by atoms with Gasteiger partial charge in [-0.25, -0.2) is 0 Å². The van der Waals surface area contributed by atoms with Crippen molar-refractivity contribution >= 4 is 17.9 Å². The summed E-state index contributed by atoms with van der Waals surface area (Å²) in [6.45, 7) is 9.43. The van der Waals surface area contributed by atoms with Crippen LogP contribution in [0, 0.1) is 11.3 Å². The van der Waals surface area contributed by atoms with Crippen molar-refractivity contribution in [1.82, 2.24) is 0 Å². The third-order valence-corrected chi connectivity index (χ3v) is 7.66. The molecule has 0 spiro atoms. The Kier molecular flexibility index (Phi) is 6.76. The predicted octanol–water partition coefficient (Wildman–Crippen LogP) is 2.24. The van der Waals surface area contributed by atoms with Crippen molar-refractivity contribution in [3.05, 3.63) is 28.8 Å². The predicted molar refractivity (Wildman–Crippen MR) is 120 cm³/mol. The number of phenols is 1. The van der Waals surface area contributed by atoms with Crippen molar-refractivity contribution in [2.75, 3.05) is 7.11 Å². The number of fused-ring (bicyclic) bond motifs is 3. The van der Waals surface area contributed by atoms with Crippen molar-refractivity contribution in [2.45, 2.75) is 83.7 Å². The van der Waals surface area contributed by atoms with Crippen LogP contribution < -0.4 is 0 Å². The molecular formula is C25H34O9. The molecule has 0 radical (unpaired) electrons. The van der Waals surface area contributed by atoms with E-state index in [1.54, 1.807) is 19.1 Å². The number of phenolic OH excluding ortho intramolecular Hbond substituents is 1. The van der Waals surface area contributed by atoms with Crippen LogP contribution in [-0.4, -0.2) is 58.6 Å². The van der Waals surface area contributed by atoms with Crippen molar-refractivity contribution < 1.29 is 43.9 Å². The first-order valence-corrected chi connectivity index (χ1v) is 11.4. The van der Waals surface area contributed by atoms with Crippen LogP contribution in [0.25, 0.3) is 0 Å². The van der Waals surface area contributed by atoms with Gasteiger partial charge in [0, 0.05) is 37.2 Å². The fourth-order valence-electron chi connectivity index (χ4n) is 6.08. The first kappa shape index (κ1) is 26.0. The second kappa shape index (κ2) is 8.85. The molecule has 9 heteroatoms. The fourth-order valence-corrected chi connectivity index (χ4v) is 6.08. The van der Waals surface area contributed by atoms with Crippen LogP contribution in [0.15, 0.2) is 12.1 Å². The summed E-state index contributed by atoms with van der Waals surface area (Å²) in [6, 6.07) is 3.31. The minimum absolute atomic E-state index is 0.0129. The molecular weight excluding hydrogens is 444 g/mol. The molecule has 0 aliphatic heterocycles. The van der Waals surface area contributed by atoms with Crippen LogP contribution in [0.5, 0.6) is 5.75 Å². The fraction of sp³-hybridized carbons (Fsp3) is 0.640. The molecule has 3 N–H and O–H groups in total. The van der Waals surface area contributed by atoms with E-state index in [9.17, 15) is 29.7 Å². The smallest absolute Gasteiger partial charge is 0.314 e. The van der Waals surface area contributed by atoms with Gasteiger partial charge in [-0.05, 0) is 30.0 Å². The van der Waals surface area contributed by atoms with Crippen LogP contribution in [0.4, 0.5) is 0 Å². The van der Waals surface area contributed by atoms with Crippen LogP contribution >= 0.6 is 0 Å². The average molecular weight is 479 g/mol. The normalized spacial score (nSPS) is 34.6. The van der Waals surface area contributed by atoms with E-state index in [2.05, 4.69) is 0 Å². The van der Waals surface area contributed by atoms with E-state index in [1.807, 2.05) is 13.8 Å². The average Bonchev–Trinajstić information content (AvgIpc) is 2.73. The highest BCUT2D eigenvalue weighted by molar-refractivity contribution is 5.79. The van der Waals surface area contributed by atoms with E-state index >= 15 is 0 Å². The summed E-state index contributed by atoms with van der Waals surface area (Å²) < 4.78 is 16.3. The highest BCUT2D eigenvalue weighted by Gasteiger charge is 2.70. The van der Waals surface area contributed by atoms with Gasteiger partial charge >= 0.3 is 17.9 Å². The quantitative estimate of drug-likeness (QED) is 0.439. The van der Waals surface area contributed by atoms with Crippen LogP contribution in [0.2, 0.25) is 0 Å². The number of aliphatic hydroxyl groups excluding tert-OH is 2. The largest absolute Gasteiger partial charge is 0.508 e. The molecule has 188 valence electrons. The summed E-state index contributed by atoms with van der Waals surface area (Å²) in [5.74, 6) is -3.33. The second-order valence-electron chi connectivity index (χ2n) is 10.1. The van der Waals surface area contributed by atoms with E-state index in [4.69, 9.17) is 14.2 Å². The monoisotopic (exact) mass is 478 g/mol. The van der Waals surface area contributed by atoms with E-state index in [0.717, 1.165) is 5.56 Å². The van der Waals surface area contributed by atoms with E-state index in [-0.39, 0.29) is 23.7 Å². The lowest BCUT2D eigenvalue weighted by atomic mass is 9.46. The summed E-state index contributed by atoms with van der Waals surface area (Å²) in [5.41, 5.74) is -1.65. The maximum absolute atomic E-state index is 13.1. The summed E-state index contributed by atoms with van der Waals surface area (Å²) in [5, 5.41) is 33.8. The first-order valence-electron chi connectivity index (χ1n) is 11.4. The molecule has 34 heavy (non-hydrogen) atoms. The van der Waals surface area contributed by atoms with Gasteiger partial charge in [0.1, 0.15) is 24.1 Å². The molecule has 2 aliphatic rings. The molecule has 0 bridgehead atoms. The van der Waals surface area contributed by atoms with E-state index < -0.39 is 59.1 Å². The van der Waals surface area contributed by atoms with Gasteiger partial charge in [-0.1, -0.05) is 26.8 Å². The number of aromatic hydroxyl groups is 1. The zero-order valence-corrected chi connectivity index (χ0v) is 20.6. The lowest BCUT2D eigenvalue weighted by Gasteiger charge is -2.60. The van der Waals surface area contributed by atoms with Gasteiger partial charge in [0.05, 0.1) is 18.6 Å². The summed E-state index contributed by atoms with van der Waals surface area (Å²) in [6.07, 6.45) is -5.21. The number of rotatable bonds is 4. The number of carbonyl (C=O) groups excluding carboxylic acids is 3. The zero-order chi connectivity index (χ0) is 25.7. The van der Waals surface area contributed by atoms with Gasteiger partial charge in [0.2, 0.25) is 0 Å². The van der Waals surface area contributed by atoms with Gasteiger partial charge in [-0.3, -0.25) is 14.4 Å². The maximum atomic E-state index is 13.1. The van der Waals surface area contributed by atoms with Crippen molar-refractivity contribution in [2.24, 2.45) is 11.3 Å². The topological polar surface area (TPSA) is 140 Å². The Hall–Kier alpha value is -2.65. The molecule has 1 aromatic carbocycles. The molecule has 0 amide bonds. The highest BCUT2D eigenvalue weighted by atomic mass is 16.6. The van der Waals surface area contributed by atoms with Gasteiger partial charge in [-0.15, -0.1) is 0 Å². The number of carbonyl (C=O) groups is 3. The number of ether oxygens (including phenoxy) is 3. The Morgan fingerprint density at radius 1 is 1.06 bits per heavy atom. The minimum atomic E-state index is -1.66. The van der Waals surface area contributed by atoms with E-state index in [1.165, 1.54) is 27.9 Å². The standard InChI is InChI=1S/C25H34O9/c1-11(2)14-8-15-19(16(28)9-14)25(6)18(33-12(3)26)10-17(29)24(5,23(31)32-7)22(25)21(20(15)30)34-13(4)27/h8-9,11,17-18,20-22,28-30H,10H2,1-7H3. The van der Waals surface area contributed by atoms with Crippen molar-refractivity contribution in [3.8, 4) is 5.75 Å². The Balaban J connectivity index is 2.44. The Labute approximate surface area is 199 Å². The number of methoxy groups -OCH3 is 1. The van der Waals surface area contributed by atoms with Crippen LogP contribution in [0.1, 0.15) is 76.7 Å². The summed E-state index contributed by atoms with van der Waals surface area (Å²) >= 11 is 0. The molecule has 0 aromatic heterocycles. The van der Waals surface area contributed by atoms with Crippen LogP contribution in [0.3, 0.4) is 0 Å². The van der Waals surface area contributed by atoms with Gasteiger partial charge in [-0.2, -0.15) is 0 Å². The Bertz CT molecular complexity index is 1000. The Morgan fingerprint density at radius 2 is 1.65 bits per heavy atom. The molecule has 1 saturated carbocycles. The molecule has 0 saturated heterocycles. The number of aliphatic hydroxyl groups is 2. The SMILES string of the molecule is COC(=O)C1(C)C(O)CC(OC(C)=O)C2(C)c3c(O)cc(C(C)C)cc3C(O)C(OC(C)=O)C12. The Morgan fingerprint density at radius 3 is 2.15 bits per heavy atom. The number of hydrogen-bond acceptors (Lipinski definition) is 9. The van der Waals surface area contributed by atoms with E-state index in [0.29, 0.717) is 5.56 Å². The van der Waals surface area contributed by atoms with Gasteiger partial charge in [0.25, 0.3) is 0 Å². The van der Waals surface area contributed by atoms with Crippen LogP contribution in [-0.2, 0) is 34.0 Å². The first-order chi connectivity index (χ1) is 15.7. The molecule has 7 atom stereocenters. The summed E-state index contributed by atoms with van der Waals surface area (Å²) in [4.78, 5) is 37.3. The third-order valence-electron chi connectivity index (χ3n) is 7.66. The number of hydrogen-bond donors (Lipinski definition) is 3. The molecule has 0 heterocycles. The molecule has 7 unspecified atom stereocenters. The molecule has 1 fully saturated rings. The molecule has 9 nitrogen and oxygen atoms in total. The van der Waals surface area contributed by atoms with Crippen molar-refractivity contribution in [3.63, 3.8) is 0 Å².